The van der Waals surface area contributed by atoms with Crippen LogP contribution in [0.15, 0.2) is 47.4 Å². The van der Waals surface area contributed by atoms with Crippen LogP contribution in [0.1, 0.15) is 29.3 Å². The van der Waals surface area contributed by atoms with E-state index in [9.17, 15) is 26.8 Å². The minimum Gasteiger partial charge on any atom is -0.356 e. The Morgan fingerprint density at radius 3 is 2.46 bits per heavy atom. The molecule has 0 fully saturated rings. The highest BCUT2D eigenvalue weighted by Crippen LogP contribution is 2.12. The summed E-state index contributed by atoms with van der Waals surface area (Å²) >= 11 is 0. The lowest BCUT2D eigenvalue weighted by Gasteiger charge is -2.09. The van der Waals surface area contributed by atoms with Gasteiger partial charge in [-0.05, 0) is 37.1 Å². The molecule has 2 N–H and O–H groups in total. The number of carbonyl (C=O) groups is 2. The summed E-state index contributed by atoms with van der Waals surface area (Å²) in [6.07, 6.45) is 0.0684. The van der Waals surface area contributed by atoms with Crippen LogP contribution in [0.4, 0.5) is 8.78 Å². The molecule has 0 radical (unpaired) electrons. The number of nitrogens with one attached hydrogen (secondary N) is 2. The van der Waals surface area contributed by atoms with E-state index in [1.54, 1.807) is 0 Å². The van der Waals surface area contributed by atoms with E-state index in [1.165, 1.54) is 37.3 Å². The number of hydrogen-bond donors (Lipinski definition) is 2. The molecule has 2 rings (SSSR count). The van der Waals surface area contributed by atoms with Crippen LogP contribution in [0.25, 0.3) is 0 Å². The molecule has 2 aromatic carbocycles. The van der Waals surface area contributed by atoms with Gasteiger partial charge in [-0.15, -0.1) is 0 Å². The van der Waals surface area contributed by atoms with E-state index in [1.807, 2.05) is 0 Å². The van der Waals surface area contributed by atoms with Crippen LogP contribution >= 0.6 is 0 Å². The van der Waals surface area contributed by atoms with Crippen molar-refractivity contribution in [2.24, 2.45) is 0 Å². The van der Waals surface area contributed by atoms with Crippen LogP contribution in [-0.4, -0.2) is 33.2 Å². The predicted molar refractivity (Wildman–Crippen MR) is 99.3 cm³/mol. The molecule has 0 atom stereocenters. The minimum atomic E-state index is -3.85. The molecule has 0 aliphatic carbocycles. The summed E-state index contributed by atoms with van der Waals surface area (Å²) in [6.45, 7) is 1.33. The maximum Gasteiger partial charge on any atom is 0.240 e. The molecule has 0 aliphatic heterocycles. The molecular weight excluding hydrogens is 390 g/mol. The van der Waals surface area contributed by atoms with E-state index in [0.717, 1.165) is 12.1 Å². The Morgan fingerprint density at radius 1 is 1.04 bits per heavy atom. The summed E-state index contributed by atoms with van der Waals surface area (Å²) in [5.41, 5.74) is 0.543. The second kappa shape index (κ2) is 9.52. The number of amides is 1. The number of ketones is 1. The van der Waals surface area contributed by atoms with Gasteiger partial charge in [0, 0.05) is 31.1 Å². The average Bonchev–Trinajstić information content (AvgIpc) is 2.63. The van der Waals surface area contributed by atoms with Crippen molar-refractivity contribution in [1.82, 2.24) is 10.0 Å². The van der Waals surface area contributed by atoms with E-state index >= 15 is 0 Å². The second-order valence-electron chi connectivity index (χ2n) is 6.07. The lowest BCUT2D eigenvalue weighted by molar-refractivity contribution is -0.120. The van der Waals surface area contributed by atoms with Crippen molar-refractivity contribution in [3.05, 3.63) is 65.2 Å². The molecule has 0 bridgehead atoms. The van der Waals surface area contributed by atoms with Crippen LogP contribution in [0.2, 0.25) is 0 Å². The van der Waals surface area contributed by atoms with E-state index in [-0.39, 0.29) is 47.7 Å². The molecule has 9 heteroatoms. The molecule has 0 aromatic heterocycles. The largest absolute Gasteiger partial charge is 0.356 e. The third kappa shape index (κ3) is 6.21. The van der Waals surface area contributed by atoms with Crippen molar-refractivity contribution in [2.75, 3.05) is 13.1 Å². The summed E-state index contributed by atoms with van der Waals surface area (Å²) < 4.78 is 53.1. The number of hydrogen-bond acceptors (Lipinski definition) is 4. The molecule has 1 amide bonds. The van der Waals surface area contributed by atoms with Crippen molar-refractivity contribution in [2.45, 2.75) is 24.7 Å². The number of rotatable bonds is 9. The molecule has 0 saturated carbocycles. The lowest BCUT2D eigenvalue weighted by atomic mass is 10.1. The van der Waals surface area contributed by atoms with E-state index < -0.39 is 27.6 Å². The summed E-state index contributed by atoms with van der Waals surface area (Å²) in [4.78, 5) is 23.1. The molecule has 0 aliphatic rings. The molecule has 0 heterocycles. The van der Waals surface area contributed by atoms with Gasteiger partial charge in [-0.25, -0.2) is 21.9 Å². The first-order valence-electron chi connectivity index (χ1n) is 8.50. The molecule has 0 unspecified atom stereocenters. The fourth-order valence-electron chi connectivity index (χ4n) is 2.41. The van der Waals surface area contributed by atoms with Gasteiger partial charge in [0.15, 0.2) is 5.78 Å². The fraction of sp³-hybridized carbons (Fsp3) is 0.263. The van der Waals surface area contributed by atoms with Gasteiger partial charge in [0.05, 0.1) is 4.90 Å². The van der Waals surface area contributed by atoms with Crippen molar-refractivity contribution < 1.29 is 26.8 Å². The van der Waals surface area contributed by atoms with Crippen molar-refractivity contribution in [3.63, 3.8) is 0 Å². The number of carbonyl (C=O) groups excluding carboxylic acids is 2. The summed E-state index contributed by atoms with van der Waals surface area (Å²) in [5.74, 6) is -2.03. The molecule has 28 heavy (non-hydrogen) atoms. The fourth-order valence-corrected chi connectivity index (χ4v) is 3.49. The molecule has 0 saturated heterocycles. The monoisotopic (exact) mass is 410 g/mol. The number of sulfonamides is 1. The van der Waals surface area contributed by atoms with Crippen LogP contribution < -0.4 is 10.0 Å². The van der Waals surface area contributed by atoms with Gasteiger partial charge >= 0.3 is 0 Å². The third-order valence-electron chi connectivity index (χ3n) is 3.93. The predicted octanol–water partition coefficient (Wildman–Crippen LogP) is 2.19. The van der Waals surface area contributed by atoms with Gasteiger partial charge in [-0.3, -0.25) is 9.59 Å². The van der Waals surface area contributed by atoms with Gasteiger partial charge in [0.25, 0.3) is 0 Å². The zero-order chi connectivity index (χ0) is 20.7. The minimum absolute atomic E-state index is 0.0626. The maximum absolute atomic E-state index is 13.5. The summed E-state index contributed by atoms with van der Waals surface area (Å²) in [5, 5.41) is 2.54. The second-order valence-corrected chi connectivity index (χ2v) is 7.83. The van der Waals surface area contributed by atoms with Gasteiger partial charge in [-0.1, -0.05) is 18.2 Å². The Balaban J connectivity index is 1.79. The average molecular weight is 410 g/mol. The van der Waals surface area contributed by atoms with Crippen LogP contribution in [0.3, 0.4) is 0 Å². The van der Waals surface area contributed by atoms with Crippen LogP contribution in [0, 0.1) is 11.6 Å². The van der Waals surface area contributed by atoms with Crippen molar-refractivity contribution in [3.8, 4) is 0 Å². The third-order valence-corrected chi connectivity index (χ3v) is 5.39. The molecule has 0 spiro atoms. The van der Waals surface area contributed by atoms with E-state index in [2.05, 4.69) is 10.0 Å². The highest BCUT2D eigenvalue weighted by molar-refractivity contribution is 7.89. The van der Waals surface area contributed by atoms with E-state index in [0.29, 0.717) is 0 Å². The highest BCUT2D eigenvalue weighted by Gasteiger charge is 2.15. The number of halogens is 2. The maximum atomic E-state index is 13.5. The Hall–Kier alpha value is -2.65. The first kappa shape index (κ1) is 21.6. The van der Waals surface area contributed by atoms with Crippen molar-refractivity contribution in [1.29, 1.82) is 0 Å². The standard InChI is InChI=1S/C19H20F2N2O4S/c1-13(24)15-3-2-4-17(11-15)28(26,27)23-10-8-19(25)22-9-7-14-5-6-16(20)12-18(14)21/h2-6,11-12,23H,7-10H2,1H3,(H,22,25). The van der Waals surface area contributed by atoms with Gasteiger partial charge < -0.3 is 5.32 Å². The van der Waals surface area contributed by atoms with Gasteiger partial charge in [0.1, 0.15) is 11.6 Å². The number of benzene rings is 2. The smallest absolute Gasteiger partial charge is 0.240 e. The van der Waals surface area contributed by atoms with Gasteiger partial charge in [0.2, 0.25) is 15.9 Å². The highest BCUT2D eigenvalue weighted by atomic mass is 32.2. The zero-order valence-electron chi connectivity index (χ0n) is 15.2. The summed E-state index contributed by atoms with van der Waals surface area (Å²) in [6, 6.07) is 8.81. The van der Waals surface area contributed by atoms with E-state index in [4.69, 9.17) is 0 Å². The Morgan fingerprint density at radius 2 is 1.79 bits per heavy atom. The normalized spacial score (nSPS) is 11.2. The quantitative estimate of drug-likeness (QED) is 0.620. The Bertz CT molecular complexity index is 978. The van der Waals surface area contributed by atoms with Crippen molar-refractivity contribution >= 4 is 21.7 Å². The van der Waals surface area contributed by atoms with Crippen LogP contribution in [-0.2, 0) is 21.2 Å². The lowest BCUT2D eigenvalue weighted by Crippen LogP contribution is -2.31. The molecule has 150 valence electrons. The first-order valence-corrected chi connectivity index (χ1v) is 9.98. The topological polar surface area (TPSA) is 92.3 Å². The number of Topliss-reactive ketones (excluding diaryl/α,β-unsaturated/α-hetero) is 1. The zero-order valence-corrected chi connectivity index (χ0v) is 16.0. The molecule has 2 aromatic rings. The van der Waals surface area contributed by atoms with Crippen LogP contribution in [0.5, 0.6) is 0 Å². The molecule has 6 nitrogen and oxygen atoms in total. The Labute approximate surface area is 162 Å². The first-order chi connectivity index (χ1) is 13.2. The molecular formula is C19H20F2N2O4S. The van der Waals surface area contributed by atoms with Gasteiger partial charge in [-0.2, -0.15) is 0 Å². The summed E-state index contributed by atoms with van der Waals surface area (Å²) in [7, 11) is -3.85. The SMILES string of the molecule is CC(=O)c1cccc(S(=O)(=O)NCCC(=O)NCCc2ccc(F)cc2F)c1. The Kier molecular flexibility index (Phi) is 7.36.